The van der Waals surface area contributed by atoms with Crippen LogP contribution in [0.5, 0.6) is 0 Å². The maximum absolute atomic E-state index is 2.26. The minimum absolute atomic E-state index is 0. The average Bonchev–Trinajstić information content (AvgIpc) is 1.76. The van der Waals surface area contributed by atoms with Gasteiger partial charge in [0.2, 0.25) is 0 Å². The maximum atomic E-state index is 2.26. The van der Waals surface area contributed by atoms with Crippen molar-refractivity contribution in [1.82, 2.24) is 0 Å². The molecule has 0 spiro atoms. The van der Waals surface area contributed by atoms with Crippen LogP contribution in [0.1, 0.15) is 0 Å². The van der Waals surface area contributed by atoms with Crippen molar-refractivity contribution in [3.8, 4) is 0 Å². The van der Waals surface area contributed by atoms with Crippen LogP contribution in [0.25, 0.3) is 0 Å². The van der Waals surface area contributed by atoms with E-state index in [-0.39, 0.29) is 40.1 Å². The summed E-state index contributed by atoms with van der Waals surface area (Å²) >= 11 is 0.243. The predicted molar refractivity (Wildman–Crippen MR) is 39.4 cm³/mol. The SMILES string of the molecule is C1=C[IH]C=C1.[Li]. The molecule has 0 saturated heterocycles. The van der Waals surface area contributed by atoms with Gasteiger partial charge >= 0.3 is 41.5 Å². The summed E-state index contributed by atoms with van der Waals surface area (Å²) in [6, 6.07) is 0. The molecule has 0 aromatic carbocycles. The van der Waals surface area contributed by atoms with Crippen molar-refractivity contribution >= 4 is 40.1 Å². The summed E-state index contributed by atoms with van der Waals surface area (Å²) in [5.74, 6) is 0. The van der Waals surface area contributed by atoms with Gasteiger partial charge in [-0.3, -0.25) is 0 Å². The van der Waals surface area contributed by atoms with Crippen molar-refractivity contribution in [2.45, 2.75) is 0 Å². The fraction of sp³-hybridized carbons (Fsp3) is 0. The summed E-state index contributed by atoms with van der Waals surface area (Å²) in [6.07, 6.45) is 4.23. The molecule has 6 heavy (non-hydrogen) atoms. The molecule has 0 aromatic heterocycles. The van der Waals surface area contributed by atoms with Crippen LogP contribution in [0, 0.1) is 0 Å². The van der Waals surface area contributed by atoms with E-state index in [4.69, 9.17) is 0 Å². The number of halogens is 1. The standard InChI is InChI=1S/C4H5I.Li/c1-2-4-5-3-1;/h1-5H;. The summed E-state index contributed by atoms with van der Waals surface area (Å²) in [5, 5.41) is 0. The van der Waals surface area contributed by atoms with Crippen molar-refractivity contribution in [1.29, 1.82) is 0 Å². The molecular weight excluding hydrogens is 182 g/mol. The Hall–Kier alpha value is 0.807. The molecule has 29 valence electrons. The van der Waals surface area contributed by atoms with Gasteiger partial charge in [-0.1, -0.05) is 0 Å². The van der Waals surface area contributed by atoms with Gasteiger partial charge in [-0.2, -0.15) is 0 Å². The molecule has 1 aliphatic heterocycles. The van der Waals surface area contributed by atoms with Gasteiger partial charge in [0.05, 0.1) is 0 Å². The van der Waals surface area contributed by atoms with Gasteiger partial charge in [0.15, 0.2) is 0 Å². The van der Waals surface area contributed by atoms with Gasteiger partial charge in [-0.15, -0.1) is 0 Å². The second kappa shape index (κ2) is 3.98. The van der Waals surface area contributed by atoms with E-state index >= 15 is 0 Å². The van der Waals surface area contributed by atoms with Gasteiger partial charge in [0.25, 0.3) is 0 Å². The Labute approximate surface area is 60.1 Å². The zero-order valence-corrected chi connectivity index (χ0v) is 6.05. The van der Waals surface area contributed by atoms with Gasteiger partial charge < -0.3 is 0 Å². The fourth-order valence-corrected chi connectivity index (χ4v) is 1.52. The van der Waals surface area contributed by atoms with E-state index in [1.807, 2.05) is 0 Å². The van der Waals surface area contributed by atoms with Crippen LogP contribution in [0.2, 0.25) is 0 Å². The number of allylic oxidation sites excluding steroid dienone is 2. The second-order valence-electron chi connectivity index (χ2n) is 0.793. The molecule has 0 bridgehead atoms. The Bertz CT molecular complexity index is 65.6. The van der Waals surface area contributed by atoms with E-state index in [1.54, 1.807) is 0 Å². The van der Waals surface area contributed by atoms with E-state index < -0.39 is 0 Å². The molecule has 2 heteroatoms. The monoisotopic (exact) mass is 187 g/mol. The van der Waals surface area contributed by atoms with Crippen LogP contribution in [-0.2, 0) is 0 Å². The normalized spacial score (nSPS) is 16.0. The smallest absolute Gasteiger partial charge is 0 e. The molecule has 0 atom stereocenters. The Balaban J connectivity index is 0.000000250. The van der Waals surface area contributed by atoms with Crippen LogP contribution < -0.4 is 0 Å². The average molecular weight is 187 g/mol. The van der Waals surface area contributed by atoms with Crippen LogP contribution in [0.15, 0.2) is 20.3 Å². The molecule has 0 aliphatic carbocycles. The van der Waals surface area contributed by atoms with Crippen LogP contribution in [0.3, 0.4) is 0 Å². The molecule has 1 heterocycles. The molecular formula is C4H5ILi. The van der Waals surface area contributed by atoms with Gasteiger partial charge in [0.1, 0.15) is 0 Å². The quantitative estimate of drug-likeness (QED) is 0.396. The summed E-state index contributed by atoms with van der Waals surface area (Å²) in [6.45, 7) is 0. The molecule has 0 nitrogen and oxygen atoms in total. The number of rotatable bonds is 0. The fourth-order valence-electron chi connectivity index (χ4n) is 0.227. The molecule has 1 aliphatic rings. The summed E-state index contributed by atoms with van der Waals surface area (Å²) in [4.78, 5) is 0. The first-order valence-electron chi connectivity index (χ1n) is 1.47. The van der Waals surface area contributed by atoms with Crippen molar-refractivity contribution < 1.29 is 0 Å². The zero-order valence-electron chi connectivity index (χ0n) is 3.72. The minimum atomic E-state index is 0. The first-order chi connectivity index (χ1) is 2.50. The van der Waals surface area contributed by atoms with Gasteiger partial charge in [0, 0.05) is 18.9 Å². The molecule has 0 fully saturated rings. The van der Waals surface area contributed by atoms with E-state index in [0.29, 0.717) is 0 Å². The van der Waals surface area contributed by atoms with E-state index in [2.05, 4.69) is 20.3 Å². The van der Waals surface area contributed by atoms with Crippen molar-refractivity contribution in [3.05, 3.63) is 20.3 Å². The van der Waals surface area contributed by atoms with E-state index in [0.717, 1.165) is 0 Å². The molecule has 0 aromatic rings. The van der Waals surface area contributed by atoms with E-state index in [9.17, 15) is 0 Å². The van der Waals surface area contributed by atoms with Crippen LogP contribution in [-0.4, -0.2) is 18.9 Å². The first kappa shape index (κ1) is 6.81. The van der Waals surface area contributed by atoms with Crippen LogP contribution >= 0.6 is 21.2 Å². The Kier molecular flexibility index (Phi) is 4.52. The first-order valence-corrected chi connectivity index (χ1v) is 4.16. The van der Waals surface area contributed by atoms with Crippen molar-refractivity contribution in [2.75, 3.05) is 0 Å². The number of hydrogen-bond donors (Lipinski definition) is 0. The summed E-state index contributed by atoms with van der Waals surface area (Å²) in [7, 11) is 0. The zero-order chi connectivity index (χ0) is 3.54. The topological polar surface area (TPSA) is 0 Å². The third-order valence-corrected chi connectivity index (χ3v) is 2.22. The third-order valence-electron chi connectivity index (χ3n) is 0.425. The molecule has 0 saturated carbocycles. The molecule has 0 unspecified atom stereocenters. The third kappa shape index (κ3) is 2.07. The Morgan fingerprint density at radius 1 is 1.00 bits per heavy atom. The van der Waals surface area contributed by atoms with Crippen molar-refractivity contribution in [2.24, 2.45) is 0 Å². The minimum Gasteiger partial charge on any atom is 0 e. The molecule has 0 amide bonds. The predicted octanol–water partition coefficient (Wildman–Crippen LogP) is 1.35. The molecule has 1 radical (unpaired) electrons. The largest absolute Gasteiger partial charge is 0 e. The Morgan fingerprint density at radius 3 is 1.67 bits per heavy atom. The second-order valence-corrected chi connectivity index (χ2v) is 3.12. The maximum Gasteiger partial charge on any atom is 0 e. The summed E-state index contributed by atoms with van der Waals surface area (Å²) in [5.41, 5.74) is 0. The van der Waals surface area contributed by atoms with Gasteiger partial charge in [-0.25, -0.2) is 0 Å². The number of hydrogen-bond acceptors (Lipinski definition) is 0. The van der Waals surface area contributed by atoms with Crippen molar-refractivity contribution in [3.63, 3.8) is 0 Å². The molecule has 0 N–H and O–H groups in total. The Morgan fingerprint density at radius 2 is 1.50 bits per heavy atom. The molecule has 1 rings (SSSR count). The summed E-state index contributed by atoms with van der Waals surface area (Å²) < 4.78 is 4.51. The van der Waals surface area contributed by atoms with Crippen LogP contribution in [0.4, 0.5) is 0 Å². The van der Waals surface area contributed by atoms with E-state index in [1.165, 1.54) is 0 Å². The van der Waals surface area contributed by atoms with Gasteiger partial charge in [-0.05, 0) is 0 Å².